The molecular weight excluding hydrogens is 273 g/mol. The lowest BCUT2D eigenvalue weighted by Crippen LogP contribution is -2.19. The highest BCUT2D eigenvalue weighted by Crippen LogP contribution is 2.34. The molecule has 1 aliphatic rings. The lowest BCUT2D eigenvalue weighted by Gasteiger charge is -2.04. The highest BCUT2D eigenvalue weighted by Gasteiger charge is 2.44. The van der Waals surface area contributed by atoms with Gasteiger partial charge in [-0.2, -0.15) is 18.2 Å². The molecule has 1 fully saturated rings. The third-order valence-corrected chi connectivity index (χ3v) is 2.11. The molecule has 2 heterocycles. The molecule has 1 N–H and O–H groups in total. The van der Waals surface area contributed by atoms with Gasteiger partial charge in [0.15, 0.2) is 5.82 Å². The Kier molecular flexibility index (Phi) is 3.63. The van der Waals surface area contributed by atoms with E-state index in [2.05, 4.69) is 20.0 Å². The van der Waals surface area contributed by atoms with Crippen molar-refractivity contribution in [1.82, 2.24) is 15.5 Å². The number of halogens is 6. The van der Waals surface area contributed by atoms with Crippen LogP contribution in [0, 0.1) is 0 Å². The van der Waals surface area contributed by atoms with Crippen LogP contribution in [0.1, 0.15) is 24.2 Å². The molecule has 10 heteroatoms. The Hall–Kier alpha value is -0.960. The van der Waals surface area contributed by atoms with E-state index in [1.807, 2.05) is 0 Å². The number of hydrogen-bond donors (Lipinski definition) is 1. The van der Waals surface area contributed by atoms with Crippen LogP contribution in [0.2, 0.25) is 0 Å². The normalized spacial score (nSPS) is 23.5. The van der Waals surface area contributed by atoms with Crippen LogP contribution in [0.4, 0.5) is 22.0 Å². The van der Waals surface area contributed by atoms with Crippen LogP contribution < -0.4 is 5.32 Å². The van der Waals surface area contributed by atoms with Gasteiger partial charge in [0.25, 0.3) is 5.92 Å². The van der Waals surface area contributed by atoms with Gasteiger partial charge in [-0.3, -0.25) is 0 Å². The fourth-order valence-corrected chi connectivity index (χ4v) is 1.39. The largest absolute Gasteiger partial charge is 0.471 e. The van der Waals surface area contributed by atoms with E-state index in [1.165, 1.54) is 0 Å². The highest BCUT2D eigenvalue weighted by atomic mass is 35.5. The monoisotopic (exact) mass is 279 g/mol. The average Bonchev–Trinajstić information content (AvgIpc) is 2.68. The second-order valence-electron chi connectivity index (χ2n) is 3.45. The molecule has 1 aromatic heterocycles. The van der Waals surface area contributed by atoms with E-state index in [0.29, 0.717) is 0 Å². The van der Waals surface area contributed by atoms with E-state index in [-0.39, 0.29) is 12.4 Å². The van der Waals surface area contributed by atoms with Gasteiger partial charge in [-0.25, -0.2) is 8.78 Å². The first-order chi connectivity index (χ1) is 7.28. The minimum Gasteiger partial charge on any atom is -0.329 e. The van der Waals surface area contributed by atoms with Crippen LogP contribution in [0.3, 0.4) is 0 Å². The summed E-state index contributed by atoms with van der Waals surface area (Å²) in [6.45, 7) is -0.604. The molecule has 0 spiro atoms. The minimum atomic E-state index is -4.76. The number of rotatable bonds is 1. The van der Waals surface area contributed by atoms with Crippen molar-refractivity contribution in [2.45, 2.75) is 24.6 Å². The third-order valence-electron chi connectivity index (χ3n) is 2.11. The molecule has 4 nitrogen and oxygen atoms in total. The maximum atomic E-state index is 12.8. The van der Waals surface area contributed by atoms with Crippen LogP contribution in [0.15, 0.2) is 4.52 Å². The number of aromatic nitrogens is 2. The smallest absolute Gasteiger partial charge is 0.329 e. The second-order valence-corrected chi connectivity index (χ2v) is 3.45. The van der Waals surface area contributed by atoms with E-state index in [1.54, 1.807) is 0 Å². The zero-order valence-corrected chi connectivity index (χ0v) is 8.91. The molecule has 1 saturated heterocycles. The van der Waals surface area contributed by atoms with Crippen LogP contribution >= 0.6 is 12.4 Å². The number of nitrogens with zero attached hydrogens (tertiary/aromatic N) is 2. The Bertz CT molecular complexity index is 393. The van der Waals surface area contributed by atoms with Gasteiger partial charge in [0.2, 0.25) is 0 Å². The van der Waals surface area contributed by atoms with Crippen molar-refractivity contribution in [2.75, 3.05) is 6.54 Å². The van der Waals surface area contributed by atoms with E-state index in [9.17, 15) is 22.0 Å². The molecule has 1 aliphatic heterocycles. The quantitative estimate of drug-likeness (QED) is 0.801. The summed E-state index contributed by atoms with van der Waals surface area (Å²) in [6, 6.07) is -1.00. The zero-order valence-electron chi connectivity index (χ0n) is 8.09. The average molecular weight is 280 g/mol. The standard InChI is InChI=1S/C7H6F5N3O.ClH/c8-6(9)1-3(13-2-6)4-14-5(16-15-4)7(10,11)12;/h3,13H,1-2H2;1H. The summed E-state index contributed by atoms with van der Waals surface area (Å²) in [6.07, 6.45) is -5.39. The topological polar surface area (TPSA) is 51.0 Å². The Labute approximate surface area is 98.0 Å². The Morgan fingerprint density at radius 2 is 2.00 bits per heavy atom. The Morgan fingerprint density at radius 3 is 2.41 bits per heavy atom. The van der Waals surface area contributed by atoms with Gasteiger partial charge in [0.05, 0.1) is 12.6 Å². The van der Waals surface area contributed by atoms with Gasteiger partial charge in [-0.15, -0.1) is 12.4 Å². The maximum absolute atomic E-state index is 12.8. The fraction of sp³-hybridized carbons (Fsp3) is 0.714. The first kappa shape index (κ1) is 14.1. The summed E-state index contributed by atoms with van der Waals surface area (Å²) in [5.74, 6) is -4.88. The van der Waals surface area contributed by atoms with Gasteiger partial charge in [0.1, 0.15) is 0 Å². The summed E-state index contributed by atoms with van der Waals surface area (Å²) in [4.78, 5) is 3.03. The summed E-state index contributed by atoms with van der Waals surface area (Å²) in [7, 11) is 0. The number of hydrogen-bond acceptors (Lipinski definition) is 4. The first-order valence-electron chi connectivity index (χ1n) is 4.30. The van der Waals surface area contributed by atoms with Crippen molar-refractivity contribution in [1.29, 1.82) is 0 Å². The van der Waals surface area contributed by atoms with E-state index >= 15 is 0 Å². The molecule has 98 valence electrons. The molecule has 17 heavy (non-hydrogen) atoms. The molecule has 0 aromatic carbocycles. The molecule has 2 rings (SSSR count). The van der Waals surface area contributed by atoms with Gasteiger partial charge >= 0.3 is 12.1 Å². The molecule has 1 atom stereocenters. The van der Waals surface area contributed by atoms with Crippen molar-refractivity contribution in [3.05, 3.63) is 11.7 Å². The first-order valence-corrected chi connectivity index (χ1v) is 4.30. The molecular formula is C7H7ClF5N3O. The van der Waals surface area contributed by atoms with Crippen molar-refractivity contribution in [3.8, 4) is 0 Å². The van der Waals surface area contributed by atoms with Gasteiger partial charge in [0, 0.05) is 6.42 Å². The lowest BCUT2D eigenvalue weighted by molar-refractivity contribution is -0.159. The summed E-state index contributed by atoms with van der Waals surface area (Å²) >= 11 is 0. The summed E-state index contributed by atoms with van der Waals surface area (Å²) in [5.41, 5.74) is 0. The molecule has 0 radical (unpaired) electrons. The number of nitrogens with one attached hydrogen (secondary N) is 1. The van der Waals surface area contributed by atoms with Crippen LogP contribution in [-0.4, -0.2) is 22.6 Å². The van der Waals surface area contributed by atoms with Gasteiger partial charge in [-0.05, 0) is 0 Å². The van der Waals surface area contributed by atoms with Crippen molar-refractivity contribution < 1.29 is 26.5 Å². The van der Waals surface area contributed by atoms with Crippen molar-refractivity contribution >= 4 is 12.4 Å². The predicted octanol–water partition coefficient (Wildman–Crippen LogP) is 2.18. The highest BCUT2D eigenvalue weighted by molar-refractivity contribution is 5.85. The lowest BCUT2D eigenvalue weighted by atomic mass is 10.2. The minimum absolute atomic E-state index is 0. The molecule has 0 saturated carbocycles. The SMILES string of the molecule is Cl.FC1(F)CNC(c2noc(C(F)(F)F)n2)C1. The van der Waals surface area contributed by atoms with E-state index < -0.39 is 42.8 Å². The van der Waals surface area contributed by atoms with Crippen molar-refractivity contribution in [2.24, 2.45) is 0 Å². The summed E-state index contributed by atoms with van der Waals surface area (Å²) < 4.78 is 65.7. The zero-order chi connectivity index (χ0) is 12.0. The van der Waals surface area contributed by atoms with Crippen molar-refractivity contribution in [3.63, 3.8) is 0 Å². The molecule has 1 unspecified atom stereocenters. The predicted molar refractivity (Wildman–Crippen MR) is 46.9 cm³/mol. The van der Waals surface area contributed by atoms with Crippen LogP contribution in [0.25, 0.3) is 0 Å². The number of alkyl halides is 5. The molecule has 1 aromatic rings. The van der Waals surface area contributed by atoms with Gasteiger partial charge in [-0.1, -0.05) is 5.16 Å². The Morgan fingerprint density at radius 1 is 1.35 bits per heavy atom. The van der Waals surface area contributed by atoms with E-state index in [4.69, 9.17) is 0 Å². The Balaban J connectivity index is 0.00000144. The summed E-state index contributed by atoms with van der Waals surface area (Å²) in [5, 5.41) is 5.35. The second kappa shape index (κ2) is 4.37. The molecule has 0 bridgehead atoms. The van der Waals surface area contributed by atoms with Gasteiger partial charge < -0.3 is 9.84 Å². The van der Waals surface area contributed by atoms with Crippen LogP contribution in [0.5, 0.6) is 0 Å². The molecule has 0 aliphatic carbocycles. The van der Waals surface area contributed by atoms with Crippen LogP contribution in [-0.2, 0) is 6.18 Å². The fourth-order valence-electron chi connectivity index (χ4n) is 1.39. The van der Waals surface area contributed by atoms with E-state index in [0.717, 1.165) is 0 Å². The maximum Gasteiger partial charge on any atom is 0.471 e. The third kappa shape index (κ3) is 3.03. The molecule has 0 amide bonds.